The maximum Gasteiger partial charge on any atom is 0.253 e. The number of benzene rings is 1. The minimum Gasteiger partial charge on any atom is -0.384 e. The number of sulfone groups is 1. The van der Waals surface area contributed by atoms with Crippen molar-refractivity contribution in [2.24, 2.45) is 11.7 Å². The molecule has 0 heterocycles. The van der Waals surface area contributed by atoms with E-state index in [1.165, 1.54) is 19.2 Å². The van der Waals surface area contributed by atoms with Crippen molar-refractivity contribution in [2.45, 2.75) is 31.2 Å². The van der Waals surface area contributed by atoms with E-state index in [0.717, 1.165) is 6.42 Å². The van der Waals surface area contributed by atoms with Gasteiger partial charge in [-0.3, -0.25) is 4.79 Å². The van der Waals surface area contributed by atoms with Crippen LogP contribution in [0.5, 0.6) is 0 Å². The van der Waals surface area contributed by atoms with Gasteiger partial charge in [0.1, 0.15) is 0 Å². The van der Waals surface area contributed by atoms with Gasteiger partial charge in [0.25, 0.3) is 5.91 Å². The van der Waals surface area contributed by atoms with E-state index < -0.39 is 9.84 Å². The van der Waals surface area contributed by atoms with Crippen LogP contribution in [0.15, 0.2) is 29.2 Å². The highest BCUT2D eigenvalue weighted by Gasteiger charge is 2.17. The van der Waals surface area contributed by atoms with Gasteiger partial charge in [0.15, 0.2) is 9.84 Å². The molecule has 0 aliphatic carbocycles. The van der Waals surface area contributed by atoms with Gasteiger partial charge in [0.2, 0.25) is 0 Å². The number of halogens is 1. The van der Waals surface area contributed by atoms with E-state index in [1.807, 2.05) is 0 Å². The average Bonchev–Trinajstić information content (AvgIpc) is 2.56. The predicted molar refractivity (Wildman–Crippen MR) is 102 cm³/mol. The highest BCUT2D eigenvalue weighted by Crippen LogP contribution is 2.14. The molecular formula is C17H29ClN2O4S. The molecule has 1 unspecified atom stereocenters. The fourth-order valence-corrected chi connectivity index (χ4v) is 3.29. The number of methoxy groups -OCH3 is 1. The van der Waals surface area contributed by atoms with Crippen molar-refractivity contribution in [3.05, 3.63) is 29.8 Å². The van der Waals surface area contributed by atoms with Crippen molar-refractivity contribution in [3.63, 3.8) is 0 Å². The van der Waals surface area contributed by atoms with Gasteiger partial charge in [-0.2, -0.15) is 0 Å². The molecule has 1 amide bonds. The van der Waals surface area contributed by atoms with Crippen molar-refractivity contribution in [1.82, 2.24) is 4.90 Å². The second-order valence-corrected chi connectivity index (χ2v) is 8.37. The number of ether oxygens (including phenoxy) is 1. The molecule has 2 N–H and O–H groups in total. The number of rotatable bonds is 9. The highest BCUT2D eigenvalue weighted by molar-refractivity contribution is 7.91. The Kier molecular flexibility index (Phi) is 10.3. The zero-order valence-electron chi connectivity index (χ0n) is 15.3. The molecular weight excluding hydrogens is 364 g/mol. The first-order chi connectivity index (χ1) is 11.2. The molecule has 0 saturated heterocycles. The summed E-state index contributed by atoms with van der Waals surface area (Å²) in [5.41, 5.74) is 6.46. The monoisotopic (exact) mass is 392 g/mol. The molecule has 144 valence electrons. The summed E-state index contributed by atoms with van der Waals surface area (Å²) >= 11 is 0. The summed E-state index contributed by atoms with van der Waals surface area (Å²) in [6, 6.07) is 6.06. The number of nitrogens with zero attached hydrogens (tertiary/aromatic N) is 1. The van der Waals surface area contributed by atoms with E-state index in [-0.39, 0.29) is 41.6 Å². The molecule has 0 aliphatic rings. The zero-order chi connectivity index (χ0) is 18.3. The lowest BCUT2D eigenvalue weighted by molar-refractivity contribution is 0.0789. The third-order valence-electron chi connectivity index (χ3n) is 4.02. The second-order valence-electron chi connectivity index (χ2n) is 6.26. The third kappa shape index (κ3) is 7.32. The summed E-state index contributed by atoms with van der Waals surface area (Å²) in [6.07, 6.45) is 0.726. The molecule has 6 nitrogen and oxygen atoms in total. The Morgan fingerprint density at radius 2 is 1.80 bits per heavy atom. The van der Waals surface area contributed by atoms with Gasteiger partial charge in [0, 0.05) is 32.3 Å². The summed E-state index contributed by atoms with van der Waals surface area (Å²) in [7, 11) is -0.205. The van der Waals surface area contributed by atoms with Crippen LogP contribution in [0.1, 0.15) is 30.6 Å². The van der Waals surface area contributed by atoms with Crippen LogP contribution in [-0.2, 0) is 14.6 Å². The van der Waals surface area contributed by atoms with E-state index >= 15 is 0 Å². The van der Waals surface area contributed by atoms with Crippen LogP contribution in [0.3, 0.4) is 0 Å². The summed E-state index contributed by atoms with van der Waals surface area (Å²) < 4.78 is 28.9. The fourth-order valence-electron chi connectivity index (χ4n) is 2.11. The minimum absolute atomic E-state index is 0. The number of nitrogens with two attached hydrogens (primary N) is 1. The van der Waals surface area contributed by atoms with Gasteiger partial charge in [0.05, 0.1) is 17.3 Å². The van der Waals surface area contributed by atoms with Crippen molar-refractivity contribution in [1.29, 1.82) is 0 Å². The number of hydrogen-bond acceptors (Lipinski definition) is 5. The Bertz CT molecular complexity index is 633. The molecule has 1 aromatic carbocycles. The quantitative estimate of drug-likeness (QED) is 0.693. The molecule has 0 aliphatic heterocycles. The van der Waals surface area contributed by atoms with Crippen LogP contribution in [0.4, 0.5) is 0 Å². The number of hydrogen-bond donors (Lipinski definition) is 1. The fraction of sp³-hybridized carbons (Fsp3) is 0.588. The van der Waals surface area contributed by atoms with Crippen LogP contribution in [0, 0.1) is 5.92 Å². The molecule has 0 aromatic heterocycles. The lowest BCUT2D eigenvalue weighted by Crippen LogP contribution is -2.34. The Hall–Kier alpha value is -1.15. The highest BCUT2D eigenvalue weighted by atomic mass is 35.5. The van der Waals surface area contributed by atoms with E-state index in [1.54, 1.807) is 24.1 Å². The molecule has 25 heavy (non-hydrogen) atoms. The molecule has 0 spiro atoms. The first kappa shape index (κ1) is 23.9. The van der Waals surface area contributed by atoms with E-state index in [0.29, 0.717) is 18.0 Å². The van der Waals surface area contributed by atoms with Crippen LogP contribution in [-0.4, -0.2) is 58.3 Å². The summed E-state index contributed by atoms with van der Waals surface area (Å²) in [6.45, 7) is 4.80. The largest absolute Gasteiger partial charge is 0.384 e. The van der Waals surface area contributed by atoms with Crippen LogP contribution >= 0.6 is 12.4 Å². The van der Waals surface area contributed by atoms with Crippen molar-refractivity contribution < 1.29 is 17.9 Å². The van der Waals surface area contributed by atoms with E-state index in [9.17, 15) is 13.2 Å². The maximum absolute atomic E-state index is 12.4. The van der Waals surface area contributed by atoms with Crippen molar-refractivity contribution >= 4 is 28.2 Å². The first-order valence-electron chi connectivity index (χ1n) is 8.02. The molecule has 0 fully saturated rings. The molecule has 0 radical (unpaired) electrons. The standard InChI is InChI=1S/C17H28N2O4S.ClH/c1-13(2)16(18)9-10-19(3)17(20)14-5-7-15(8-6-14)24(21,22)12-11-23-4;/h5-8,13,16H,9-12,18H2,1-4H3;1H. The van der Waals surface area contributed by atoms with Crippen molar-refractivity contribution in [3.8, 4) is 0 Å². The van der Waals surface area contributed by atoms with Crippen LogP contribution in [0.2, 0.25) is 0 Å². The first-order valence-corrected chi connectivity index (χ1v) is 9.67. The Morgan fingerprint density at radius 1 is 1.24 bits per heavy atom. The third-order valence-corrected chi connectivity index (χ3v) is 5.71. The van der Waals surface area contributed by atoms with Gasteiger partial charge in [-0.25, -0.2) is 8.42 Å². The smallest absolute Gasteiger partial charge is 0.253 e. The summed E-state index contributed by atoms with van der Waals surface area (Å²) in [5, 5.41) is 0. The van der Waals surface area contributed by atoms with Gasteiger partial charge >= 0.3 is 0 Å². The van der Waals surface area contributed by atoms with E-state index in [2.05, 4.69) is 13.8 Å². The molecule has 1 rings (SSSR count). The average molecular weight is 393 g/mol. The predicted octanol–water partition coefficient (Wildman–Crippen LogP) is 1.97. The number of amides is 1. The van der Waals surface area contributed by atoms with Crippen LogP contribution < -0.4 is 5.73 Å². The summed E-state index contributed by atoms with van der Waals surface area (Å²) in [5.74, 6) is 0.140. The van der Waals surface area contributed by atoms with Crippen LogP contribution in [0.25, 0.3) is 0 Å². The number of carbonyl (C=O) groups excluding carboxylic acids is 1. The summed E-state index contributed by atoms with van der Waals surface area (Å²) in [4.78, 5) is 14.2. The minimum atomic E-state index is -3.38. The second kappa shape index (κ2) is 10.8. The lowest BCUT2D eigenvalue weighted by Gasteiger charge is -2.21. The molecule has 0 bridgehead atoms. The lowest BCUT2D eigenvalue weighted by atomic mass is 10.0. The zero-order valence-corrected chi connectivity index (χ0v) is 16.9. The normalized spacial score (nSPS) is 12.6. The molecule has 8 heteroatoms. The Labute approximate surface area is 157 Å². The molecule has 1 aromatic rings. The topological polar surface area (TPSA) is 89.7 Å². The van der Waals surface area contributed by atoms with Crippen molar-refractivity contribution in [2.75, 3.05) is 33.1 Å². The van der Waals surface area contributed by atoms with Gasteiger partial charge < -0.3 is 15.4 Å². The molecule has 1 atom stereocenters. The van der Waals surface area contributed by atoms with Gasteiger partial charge in [-0.1, -0.05) is 13.8 Å². The Morgan fingerprint density at radius 3 is 2.28 bits per heavy atom. The molecule has 0 saturated carbocycles. The Balaban J connectivity index is 0.00000576. The maximum atomic E-state index is 12.4. The van der Waals surface area contributed by atoms with Gasteiger partial charge in [-0.15, -0.1) is 12.4 Å². The SMILES string of the molecule is COCCS(=O)(=O)c1ccc(C(=O)N(C)CCC(N)C(C)C)cc1.Cl. The number of carbonyl (C=O) groups is 1. The van der Waals surface area contributed by atoms with E-state index in [4.69, 9.17) is 10.5 Å². The van der Waals surface area contributed by atoms with Gasteiger partial charge in [-0.05, 0) is 36.6 Å².